The predicted molar refractivity (Wildman–Crippen MR) is 84.1 cm³/mol. The van der Waals surface area contributed by atoms with Gasteiger partial charge in [-0.15, -0.1) is 0 Å². The van der Waals surface area contributed by atoms with Crippen LogP contribution >= 0.6 is 0 Å². The molecular weight excluding hydrogens is 278 g/mol. The van der Waals surface area contributed by atoms with E-state index in [1.165, 1.54) is 12.4 Å². The Morgan fingerprint density at radius 3 is 2.23 bits per heavy atom. The van der Waals surface area contributed by atoms with E-state index in [9.17, 15) is 4.79 Å². The molecule has 0 spiro atoms. The number of nitrogens with two attached hydrogens (primary N) is 1. The minimum absolute atomic E-state index is 0.127. The van der Waals surface area contributed by atoms with Gasteiger partial charge in [0.25, 0.3) is 5.91 Å². The van der Waals surface area contributed by atoms with E-state index >= 15 is 0 Å². The van der Waals surface area contributed by atoms with Crippen molar-refractivity contribution >= 4 is 17.7 Å². The Balaban J connectivity index is 1.73. The molecule has 0 aliphatic heterocycles. The quantitative estimate of drug-likeness (QED) is 0.772. The number of nitrogen functional groups attached to an aromatic ring is 1. The fourth-order valence-electron chi connectivity index (χ4n) is 1.91. The second-order valence-electron chi connectivity index (χ2n) is 4.58. The molecule has 0 radical (unpaired) electrons. The molecule has 0 unspecified atom stereocenters. The van der Waals surface area contributed by atoms with E-state index < -0.39 is 0 Å². The van der Waals surface area contributed by atoms with E-state index in [2.05, 4.69) is 20.3 Å². The summed E-state index contributed by atoms with van der Waals surface area (Å²) in [7, 11) is 0. The summed E-state index contributed by atoms with van der Waals surface area (Å²) in [5, 5.41) is 2.69. The molecule has 6 heteroatoms. The second-order valence-corrected chi connectivity index (χ2v) is 4.58. The van der Waals surface area contributed by atoms with Crippen LogP contribution in [0.3, 0.4) is 0 Å². The third-order valence-electron chi connectivity index (χ3n) is 3.05. The molecule has 0 atom stereocenters. The number of rotatable bonds is 3. The molecule has 2 aromatic heterocycles. The summed E-state index contributed by atoms with van der Waals surface area (Å²) in [6.45, 7) is 0. The number of aromatic nitrogens is 3. The Morgan fingerprint density at radius 1 is 0.864 bits per heavy atom. The molecule has 3 N–H and O–H groups in total. The van der Waals surface area contributed by atoms with Gasteiger partial charge in [0.15, 0.2) is 0 Å². The van der Waals surface area contributed by atoms with Crippen LogP contribution in [0.2, 0.25) is 0 Å². The number of nitrogens with zero attached hydrogens (tertiary/aromatic N) is 3. The third-order valence-corrected chi connectivity index (χ3v) is 3.05. The largest absolute Gasteiger partial charge is 0.368 e. The van der Waals surface area contributed by atoms with Crippen LogP contribution in [0, 0.1) is 0 Å². The molecule has 108 valence electrons. The van der Waals surface area contributed by atoms with Crippen LogP contribution in [-0.2, 0) is 0 Å². The first kappa shape index (κ1) is 13.7. The Hall–Kier alpha value is -3.28. The van der Waals surface area contributed by atoms with Crippen LogP contribution in [0.15, 0.2) is 61.1 Å². The number of hydrogen-bond donors (Lipinski definition) is 2. The molecule has 0 fully saturated rings. The van der Waals surface area contributed by atoms with E-state index in [4.69, 9.17) is 5.73 Å². The van der Waals surface area contributed by atoms with Crippen LogP contribution in [0.1, 0.15) is 10.4 Å². The second kappa shape index (κ2) is 6.01. The molecule has 0 aliphatic rings. The Labute approximate surface area is 127 Å². The lowest BCUT2D eigenvalue weighted by Gasteiger charge is -2.05. The monoisotopic (exact) mass is 291 g/mol. The summed E-state index contributed by atoms with van der Waals surface area (Å²) < 4.78 is 0. The number of pyridine rings is 1. The minimum Gasteiger partial charge on any atom is -0.368 e. The Morgan fingerprint density at radius 2 is 1.59 bits per heavy atom. The third kappa shape index (κ3) is 3.06. The van der Waals surface area contributed by atoms with Gasteiger partial charge in [0.2, 0.25) is 5.95 Å². The lowest BCUT2D eigenvalue weighted by atomic mass is 10.1. The summed E-state index contributed by atoms with van der Waals surface area (Å²) in [6, 6.07) is 13.5. The zero-order chi connectivity index (χ0) is 15.4. The molecule has 0 bridgehead atoms. The first-order valence-electron chi connectivity index (χ1n) is 6.63. The van der Waals surface area contributed by atoms with Gasteiger partial charge in [0, 0.05) is 24.2 Å². The topological polar surface area (TPSA) is 93.8 Å². The summed E-state index contributed by atoms with van der Waals surface area (Å²) >= 11 is 0. The van der Waals surface area contributed by atoms with Crippen molar-refractivity contribution in [2.75, 3.05) is 11.1 Å². The lowest BCUT2D eigenvalue weighted by molar-refractivity contribution is 0.102. The highest BCUT2D eigenvalue weighted by atomic mass is 16.1. The van der Waals surface area contributed by atoms with Crippen molar-refractivity contribution in [3.05, 3.63) is 66.6 Å². The maximum atomic E-state index is 12.0. The molecule has 0 aliphatic carbocycles. The molecule has 3 aromatic rings. The molecule has 0 saturated carbocycles. The predicted octanol–water partition coefficient (Wildman–Crippen LogP) is 2.37. The van der Waals surface area contributed by atoms with Crippen LogP contribution in [-0.4, -0.2) is 20.9 Å². The standard InChI is InChI=1S/C16H13N5O/c17-16-19-9-13(10-20-16)15(22)21-14-7-6-12(8-18-14)11-4-2-1-3-5-11/h1-10H,(H2,17,19,20)(H,18,21,22). The van der Waals surface area contributed by atoms with Crippen molar-refractivity contribution in [1.82, 2.24) is 15.0 Å². The summed E-state index contributed by atoms with van der Waals surface area (Å²) in [4.78, 5) is 23.8. The molecular formula is C16H13N5O. The average molecular weight is 291 g/mol. The molecule has 1 amide bonds. The normalized spacial score (nSPS) is 10.2. The van der Waals surface area contributed by atoms with Gasteiger partial charge < -0.3 is 11.1 Å². The van der Waals surface area contributed by atoms with Crippen molar-refractivity contribution in [1.29, 1.82) is 0 Å². The van der Waals surface area contributed by atoms with E-state index in [1.54, 1.807) is 12.3 Å². The van der Waals surface area contributed by atoms with Crippen molar-refractivity contribution in [3.63, 3.8) is 0 Å². The van der Waals surface area contributed by atoms with Gasteiger partial charge >= 0.3 is 0 Å². The number of nitrogens with one attached hydrogen (secondary N) is 1. The van der Waals surface area contributed by atoms with Gasteiger partial charge in [0.1, 0.15) is 5.82 Å². The number of anilines is 2. The van der Waals surface area contributed by atoms with Gasteiger partial charge in [-0.3, -0.25) is 4.79 Å². The highest BCUT2D eigenvalue weighted by Gasteiger charge is 2.08. The van der Waals surface area contributed by atoms with Crippen LogP contribution < -0.4 is 11.1 Å². The smallest absolute Gasteiger partial charge is 0.259 e. The summed E-state index contributed by atoms with van der Waals surface area (Å²) in [5.41, 5.74) is 7.76. The fourth-order valence-corrected chi connectivity index (χ4v) is 1.91. The van der Waals surface area contributed by atoms with Gasteiger partial charge in [-0.1, -0.05) is 30.3 Å². The Kier molecular flexibility index (Phi) is 3.74. The maximum absolute atomic E-state index is 12.0. The molecule has 22 heavy (non-hydrogen) atoms. The molecule has 2 heterocycles. The van der Waals surface area contributed by atoms with Crippen LogP contribution in [0.5, 0.6) is 0 Å². The molecule has 0 saturated heterocycles. The number of benzene rings is 1. The highest BCUT2D eigenvalue weighted by molar-refractivity contribution is 6.03. The summed E-state index contributed by atoms with van der Waals surface area (Å²) in [5.74, 6) is 0.253. The lowest BCUT2D eigenvalue weighted by Crippen LogP contribution is -2.14. The number of hydrogen-bond acceptors (Lipinski definition) is 5. The van der Waals surface area contributed by atoms with Gasteiger partial charge in [0.05, 0.1) is 5.56 Å². The SMILES string of the molecule is Nc1ncc(C(=O)Nc2ccc(-c3ccccc3)cn2)cn1. The molecule has 1 aromatic carbocycles. The van der Waals surface area contributed by atoms with E-state index in [-0.39, 0.29) is 11.9 Å². The van der Waals surface area contributed by atoms with Crippen molar-refractivity contribution in [3.8, 4) is 11.1 Å². The number of amides is 1. The zero-order valence-corrected chi connectivity index (χ0v) is 11.6. The van der Waals surface area contributed by atoms with Crippen LogP contribution in [0.4, 0.5) is 11.8 Å². The molecule has 3 rings (SSSR count). The average Bonchev–Trinajstić information content (AvgIpc) is 2.57. The van der Waals surface area contributed by atoms with Gasteiger partial charge in [-0.2, -0.15) is 0 Å². The van der Waals surface area contributed by atoms with E-state index in [0.717, 1.165) is 11.1 Å². The van der Waals surface area contributed by atoms with Crippen LogP contribution in [0.25, 0.3) is 11.1 Å². The Bertz CT molecular complexity index is 770. The number of carbonyl (C=O) groups is 1. The van der Waals surface area contributed by atoms with E-state index in [0.29, 0.717) is 11.4 Å². The van der Waals surface area contributed by atoms with Crippen molar-refractivity contribution in [2.45, 2.75) is 0 Å². The number of carbonyl (C=O) groups excluding carboxylic acids is 1. The van der Waals surface area contributed by atoms with Crippen molar-refractivity contribution in [2.24, 2.45) is 0 Å². The van der Waals surface area contributed by atoms with Gasteiger partial charge in [-0.25, -0.2) is 15.0 Å². The highest BCUT2D eigenvalue weighted by Crippen LogP contribution is 2.19. The molecule has 6 nitrogen and oxygen atoms in total. The van der Waals surface area contributed by atoms with Gasteiger partial charge in [-0.05, 0) is 17.7 Å². The zero-order valence-electron chi connectivity index (χ0n) is 11.6. The summed E-state index contributed by atoms with van der Waals surface area (Å²) in [6.07, 6.45) is 4.45. The first-order valence-corrected chi connectivity index (χ1v) is 6.63. The van der Waals surface area contributed by atoms with E-state index in [1.807, 2.05) is 36.4 Å². The first-order chi connectivity index (χ1) is 10.7. The minimum atomic E-state index is -0.333. The fraction of sp³-hybridized carbons (Fsp3) is 0. The maximum Gasteiger partial charge on any atom is 0.259 e. The van der Waals surface area contributed by atoms with Crippen molar-refractivity contribution < 1.29 is 4.79 Å².